The Labute approximate surface area is 231 Å². The number of piperazine rings is 1. The maximum absolute atomic E-state index is 13.9. The van der Waals surface area contributed by atoms with Crippen molar-refractivity contribution in [3.05, 3.63) is 78.7 Å². The van der Waals surface area contributed by atoms with Crippen LogP contribution in [0.2, 0.25) is 0 Å². The Hall–Kier alpha value is -3.63. The van der Waals surface area contributed by atoms with Gasteiger partial charge in [0.15, 0.2) is 10.7 Å². The first-order chi connectivity index (χ1) is 18.9. The lowest BCUT2D eigenvalue weighted by atomic mass is 9.94. The lowest BCUT2D eigenvalue weighted by molar-refractivity contribution is -0.880. The summed E-state index contributed by atoms with van der Waals surface area (Å²) < 4.78 is 19.1. The molecule has 2 aliphatic heterocycles. The molecule has 206 valence electrons. The summed E-state index contributed by atoms with van der Waals surface area (Å²) in [4.78, 5) is 36.3. The number of rotatable bonds is 8. The molecule has 0 saturated carbocycles. The average Bonchev–Trinajstić information content (AvgIpc) is 3.53. The Kier molecular flexibility index (Phi) is 8.04. The molecule has 1 fully saturated rings. The standard InChI is InChI=1S/C29H34N4O5S/c1-5-8-22-25(28(35)37-6-2)26(19-9-7-10-20(17-19)36-4)33-27(34)23(39-29(33)30-22)18-21-11-12-24(38-21)32-15-13-31(3)14-16-32/h7,9-12,17-18,26H,5-6,8,13-16H2,1-4H3/p+1/b23-18+/t26-/m1/s1. The molecule has 0 unspecified atom stereocenters. The number of thiazole rings is 1. The number of nitrogens with zero attached hydrogens (tertiary/aromatic N) is 3. The predicted octanol–water partition coefficient (Wildman–Crippen LogP) is 1.51. The third-order valence-corrected chi connectivity index (χ3v) is 8.10. The van der Waals surface area contributed by atoms with Gasteiger partial charge in [-0.1, -0.05) is 36.8 Å². The zero-order valence-corrected chi connectivity index (χ0v) is 23.7. The molecule has 0 aliphatic carbocycles. The van der Waals surface area contributed by atoms with Gasteiger partial charge in [0.2, 0.25) is 0 Å². The second kappa shape index (κ2) is 11.6. The molecular formula is C29H35N4O5S+. The Balaban J connectivity index is 1.63. The normalized spacial score (nSPS) is 18.2. The van der Waals surface area contributed by atoms with Gasteiger partial charge in [0.1, 0.15) is 11.5 Å². The molecule has 0 amide bonds. The molecule has 1 N–H and O–H groups in total. The second-order valence-electron chi connectivity index (χ2n) is 9.81. The minimum atomic E-state index is -0.681. The summed E-state index contributed by atoms with van der Waals surface area (Å²) in [6.07, 6.45) is 3.16. The van der Waals surface area contributed by atoms with E-state index in [1.54, 1.807) is 24.7 Å². The van der Waals surface area contributed by atoms with Gasteiger partial charge in [-0.15, -0.1) is 0 Å². The SMILES string of the molecule is CCCC1=C(C(=O)OCC)[C@@H](c2cccc(OC)c2)n2c(s/c(=C/c3ccc(N4CC[NH+](C)CC4)o3)c2=O)=N1. The molecule has 0 radical (unpaired) electrons. The fraction of sp³-hybridized carbons (Fsp3) is 0.414. The molecule has 1 aromatic carbocycles. The summed E-state index contributed by atoms with van der Waals surface area (Å²) in [6.45, 7) is 8.01. The second-order valence-corrected chi connectivity index (χ2v) is 10.8. The molecule has 0 spiro atoms. The van der Waals surface area contributed by atoms with E-state index in [1.165, 1.54) is 16.2 Å². The minimum Gasteiger partial charge on any atom is -0.497 e. The number of anilines is 1. The fourth-order valence-corrected chi connectivity index (χ4v) is 6.08. The Morgan fingerprint density at radius 3 is 2.74 bits per heavy atom. The van der Waals surface area contributed by atoms with Crippen LogP contribution >= 0.6 is 11.3 Å². The summed E-state index contributed by atoms with van der Waals surface area (Å²) in [5.74, 6) is 1.60. The number of carbonyl (C=O) groups is 1. The number of quaternary nitrogens is 1. The van der Waals surface area contributed by atoms with Crippen molar-refractivity contribution in [1.82, 2.24) is 4.57 Å². The third-order valence-electron chi connectivity index (χ3n) is 7.12. The van der Waals surface area contributed by atoms with Crippen molar-refractivity contribution in [2.24, 2.45) is 4.99 Å². The van der Waals surface area contributed by atoms with E-state index in [4.69, 9.17) is 18.9 Å². The highest BCUT2D eigenvalue weighted by molar-refractivity contribution is 7.07. The van der Waals surface area contributed by atoms with Gasteiger partial charge in [-0.05, 0) is 37.1 Å². The first-order valence-electron chi connectivity index (χ1n) is 13.5. The lowest BCUT2D eigenvalue weighted by Gasteiger charge is -2.29. The molecule has 1 atom stereocenters. The summed E-state index contributed by atoms with van der Waals surface area (Å²) in [5.41, 5.74) is 1.56. The van der Waals surface area contributed by atoms with Gasteiger partial charge >= 0.3 is 5.97 Å². The molecule has 39 heavy (non-hydrogen) atoms. The topological polar surface area (TPSA) is 90.7 Å². The Morgan fingerprint density at radius 2 is 2.03 bits per heavy atom. The van der Waals surface area contributed by atoms with E-state index < -0.39 is 12.0 Å². The summed E-state index contributed by atoms with van der Waals surface area (Å²) in [5, 5.41) is 0. The van der Waals surface area contributed by atoms with Crippen molar-refractivity contribution < 1.29 is 23.6 Å². The number of likely N-dealkylation sites (N-methyl/N-ethyl adjacent to an activating group) is 1. The van der Waals surface area contributed by atoms with Crippen LogP contribution in [-0.2, 0) is 9.53 Å². The van der Waals surface area contributed by atoms with Crippen molar-refractivity contribution in [3.63, 3.8) is 0 Å². The molecule has 4 heterocycles. The molecule has 0 bridgehead atoms. The summed E-state index contributed by atoms with van der Waals surface area (Å²) in [7, 11) is 3.79. The number of hydrogen-bond acceptors (Lipinski definition) is 8. The van der Waals surface area contributed by atoms with Crippen LogP contribution in [0.3, 0.4) is 0 Å². The zero-order chi connectivity index (χ0) is 27.5. The molecule has 10 heteroatoms. The van der Waals surface area contributed by atoms with E-state index >= 15 is 0 Å². The van der Waals surface area contributed by atoms with E-state index in [1.807, 2.05) is 43.3 Å². The molecule has 9 nitrogen and oxygen atoms in total. The van der Waals surface area contributed by atoms with Crippen molar-refractivity contribution >= 4 is 29.3 Å². The van der Waals surface area contributed by atoms with Crippen LogP contribution in [0.4, 0.5) is 5.88 Å². The summed E-state index contributed by atoms with van der Waals surface area (Å²) >= 11 is 1.30. The molecule has 2 aliphatic rings. The first kappa shape index (κ1) is 27.0. The number of benzene rings is 1. The lowest BCUT2D eigenvalue weighted by Crippen LogP contribution is -3.12. The number of furan rings is 1. The third kappa shape index (κ3) is 5.44. The van der Waals surface area contributed by atoms with E-state index in [-0.39, 0.29) is 12.2 Å². The predicted molar refractivity (Wildman–Crippen MR) is 150 cm³/mol. The van der Waals surface area contributed by atoms with E-state index in [9.17, 15) is 9.59 Å². The molecule has 5 rings (SSSR count). The number of allylic oxidation sites excluding steroid dienone is 1. The highest BCUT2D eigenvalue weighted by atomic mass is 32.1. The van der Waals surface area contributed by atoms with Crippen molar-refractivity contribution in [3.8, 4) is 5.75 Å². The van der Waals surface area contributed by atoms with Crippen molar-refractivity contribution in [2.75, 3.05) is 51.8 Å². The van der Waals surface area contributed by atoms with Gasteiger partial charge in [-0.3, -0.25) is 9.36 Å². The molecule has 1 saturated heterocycles. The van der Waals surface area contributed by atoms with E-state index in [0.29, 0.717) is 38.5 Å². The monoisotopic (exact) mass is 551 g/mol. The maximum Gasteiger partial charge on any atom is 0.338 e. The molecular weight excluding hydrogens is 516 g/mol. The number of hydrogen-bond donors (Lipinski definition) is 1. The minimum absolute atomic E-state index is 0.229. The number of aromatic nitrogens is 1. The van der Waals surface area contributed by atoms with E-state index in [0.717, 1.165) is 44.0 Å². The number of carbonyl (C=O) groups excluding carboxylic acids is 1. The highest BCUT2D eigenvalue weighted by Gasteiger charge is 2.34. The fourth-order valence-electron chi connectivity index (χ4n) is 5.08. The van der Waals surface area contributed by atoms with Crippen LogP contribution in [0.15, 0.2) is 61.9 Å². The zero-order valence-electron chi connectivity index (χ0n) is 22.9. The Bertz CT molecular complexity index is 1560. The van der Waals surface area contributed by atoms with Gasteiger partial charge in [0.25, 0.3) is 5.56 Å². The number of nitrogens with one attached hydrogen (secondary N) is 1. The van der Waals surface area contributed by atoms with Crippen LogP contribution in [0.25, 0.3) is 6.08 Å². The van der Waals surface area contributed by atoms with Gasteiger partial charge in [-0.25, -0.2) is 9.79 Å². The van der Waals surface area contributed by atoms with Crippen LogP contribution in [0.1, 0.15) is 44.1 Å². The van der Waals surface area contributed by atoms with Gasteiger partial charge < -0.3 is 23.7 Å². The smallest absolute Gasteiger partial charge is 0.338 e. The first-order valence-corrected chi connectivity index (χ1v) is 14.3. The number of ether oxygens (including phenoxy) is 2. The molecule has 2 aromatic heterocycles. The van der Waals surface area contributed by atoms with Gasteiger partial charge in [0.05, 0.1) is 68.8 Å². The largest absolute Gasteiger partial charge is 0.497 e. The van der Waals surface area contributed by atoms with Crippen LogP contribution in [-0.4, -0.2) is 57.5 Å². The molecule has 3 aromatic rings. The van der Waals surface area contributed by atoms with Crippen molar-refractivity contribution in [2.45, 2.75) is 32.7 Å². The van der Waals surface area contributed by atoms with Crippen LogP contribution < -0.4 is 29.4 Å². The number of fused-ring (bicyclic) bond motifs is 1. The highest BCUT2D eigenvalue weighted by Crippen LogP contribution is 2.34. The number of esters is 1. The quantitative estimate of drug-likeness (QED) is 0.427. The maximum atomic E-state index is 13.9. The van der Waals surface area contributed by atoms with Crippen LogP contribution in [0.5, 0.6) is 5.75 Å². The number of methoxy groups -OCH3 is 1. The van der Waals surface area contributed by atoms with Gasteiger partial charge in [0, 0.05) is 12.1 Å². The summed E-state index contributed by atoms with van der Waals surface area (Å²) in [6, 6.07) is 10.6. The Morgan fingerprint density at radius 1 is 1.23 bits per heavy atom. The van der Waals surface area contributed by atoms with Crippen molar-refractivity contribution in [1.29, 1.82) is 0 Å². The van der Waals surface area contributed by atoms with E-state index in [2.05, 4.69) is 11.9 Å². The average molecular weight is 552 g/mol. The van der Waals surface area contributed by atoms with Crippen LogP contribution in [0, 0.1) is 0 Å². The van der Waals surface area contributed by atoms with Gasteiger partial charge in [-0.2, -0.15) is 0 Å².